The quantitative estimate of drug-likeness (QED) is 0.779. The molecule has 0 fully saturated rings. The van der Waals surface area contributed by atoms with Gasteiger partial charge in [0.25, 0.3) is 6.43 Å². The Bertz CT molecular complexity index is 376. The minimum absolute atomic E-state index is 0.0435. The average Bonchev–Trinajstić information content (AvgIpc) is 2.26. The Labute approximate surface area is 85.0 Å². The molecule has 15 heavy (non-hydrogen) atoms. The SMILES string of the molecule is N#Cc1c(CN)cc(C(F)F)nc1CO. The van der Waals surface area contributed by atoms with Crippen molar-refractivity contribution in [1.82, 2.24) is 4.98 Å². The van der Waals surface area contributed by atoms with Crippen LogP contribution in [0.4, 0.5) is 8.78 Å². The van der Waals surface area contributed by atoms with E-state index in [0.717, 1.165) is 6.07 Å². The number of aliphatic hydroxyl groups excluding tert-OH is 1. The third-order valence-electron chi connectivity index (χ3n) is 1.90. The number of aliphatic hydroxyl groups is 1. The molecule has 0 aliphatic carbocycles. The predicted molar refractivity (Wildman–Crippen MR) is 47.7 cm³/mol. The van der Waals surface area contributed by atoms with E-state index >= 15 is 0 Å². The van der Waals surface area contributed by atoms with Gasteiger partial charge in [-0.05, 0) is 11.6 Å². The number of hydrogen-bond donors (Lipinski definition) is 2. The van der Waals surface area contributed by atoms with Gasteiger partial charge in [-0.25, -0.2) is 13.8 Å². The Morgan fingerprint density at radius 1 is 1.60 bits per heavy atom. The van der Waals surface area contributed by atoms with Crippen molar-refractivity contribution in [1.29, 1.82) is 5.26 Å². The van der Waals surface area contributed by atoms with E-state index in [0.29, 0.717) is 0 Å². The summed E-state index contributed by atoms with van der Waals surface area (Å²) in [5, 5.41) is 17.6. The molecule has 0 bridgehead atoms. The lowest BCUT2D eigenvalue weighted by molar-refractivity contribution is 0.145. The van der Waals surface area contributed by atoms with E-state index in [1.807, 2.05) is 0 Å². The molecule has 0 unspecified atom stereocenters. The molecule has 0 aromatic carbocycles. The maximum absolute atomic E-state index is 12.4. The summed E-state index contributed by atoms with van der Waals surface area (Å²) in [6.45, 7) is -0.603. The minimum Gasteiger partial charge on any atom is -0.390 e. The highest BCUT2D eigenvalue weighted by Crippen LogP contribution is 2.21. The minimum atomic E-state index is -2.74. The van der Waals surface area contributed by atoms with E-state index in [1.165, 1.54) is 0 Å². The molecular weight excluding hydrogens is 204 g/mol. The molecule has 1 aromatic rings. The molecule has 6 heteroatoms. The zero-order valence-electron chi connectivity index (χ0n) is 7.74. The van der Waals surface area contributed by atoms with Crippen LogP contribution < -0.4 is 5.73 Å². The zero-order valence-corrected chi connectivity index (χ0v) is 7.74. The molecule has 4 nitrogen and oxygen atoms in total. The fourth-order valence-corrected chi connectivity index (χ4v) is 1.20. The van der Waals surface area contributed by atoms with Gasteiger partial charge in [-0.15, -0.1) is 0 Å². The van der Waals surface area contributed by atoms with Gasteiger partial charge in [0.15, 0.2) is 0 Å². The number of alkyl halides is 2. The van der Waals surface area contributed by atoms with E-state index in [2.05, 4.69) is 4.98 Å². The van der Waals surface area contributed by atoms with Crippen molar-refractivity contribution in [3.63, 3.8) is 0 Å². The number of hydrogen-bond acceptors (Lipinski definition) is 4. The van der Waals surface area contributed by atoms with Crippen LogP contribution in [0, 0.1) is 11.3 Å². The third-order valence-corrected chi connectivity index (χ3v) is 1.90. The number of nitrogens with zero attached hydrogens (tertiary/aromatic N) is 2. The highest BCUT2D eigenvalue weighted by Gasteiger charge is 2.16. The first-order chi connectivity index (χ1) is 7.13. The summed E-state index contributed by atoms with van der Waals surface area (Å²) in [7, 11) is 0. The molecule has 1 aromatic heterocycles. The maximum atomic E-state index is 12.4. The molecule has 80 valence electrons. The Morgan fingerprint density at radius 3 is 2.67 bits per heavy atom. The van der Waals surface area contributed by atoms with Gasteiger partial charge in [-0.2, -0.15) is 5.26 Å². The summed E-state index contributed by atoms with van der Waals surface area (Å²) in [6, 6.07) is 2.87. The Kier molecular flexibility index (Phi) is 3.66. The number of nitriles is 1. The number of nitrogens with two attached hydrogens (primary N) is 1. The molecule has 3 N–H and O–H groups in total. The van der Waals surface area contributed by atoms with Crippen LogP contribution in [-0.2, 0) is 13.2 Å². The van der Waals surface area contributed by atoms with Crippen molar-refractivity contribution in [2.45, 2.75) is 19.6 Å². The molecule has 1 rings (SSSR count). The zero-order chi connectivity index (χ0) is 11.4. The smallest absolute Gasteiger partial charge is 0.280 e. The lowest BCUT2D eigenvalue weighted by atomic mass is 10.1. The molecule has 0 amide bonds. The van der Waals surface area contributed by atoms with E-state index in [9.17, 15) is 8.78 Å². The standard InChI is InChI=1S/C9H9F2N3O/c10-9(11)7-1-5(2-12)6(3-13)8(4-15)14-7/h1,9,15H,2,4,12H2. The molecule has 0 aliphatic rings. The predicted octanol–water partition coefficient (Wildman–Crippen LogP) is 0.842. The first-order valence-corrected chi connectivity index (χ1v) is 4.15. The lowest BCUT2D eigenvalue weighted by Gasteiger charge is -2.08. The van der Waals surface area contributed by atoms with Crippen molar-refractivity contribution in [3.05, 3.63) is 28.6 Å². The highest BCUT2D eigenvalue weighted by atomic mass is 19.3. The lowest BCUT2D eigenvalue weighted by Crippen LogP contribution is -2.08. The molecule has 0 aliphatic heterocycles. The van der Waals surface area contributed by atoms with E-state index in [1.54, 1.807) is 6.07 Å². The fraction of sp³-hybridized carbons (Fsp3) is 0.333. The van der Waals surface area contributed by atoms with Crippen LogP contribution in [-0.4, -0.2) is 10.1 Å². The summed E-state index contributed by atoms with van der Waals surface area (Å²) in [5.41, 5.74) is 5.12. The Balaban J connectivity index is 3.37. The summed E-state index contributed by atoms with van der Waals surface area (Å²) in [5.74, 6) is 0. The second-order valence-electron chi connectivity index (χ2n) is 2.80. The molecule has 0 radical (unpaired) electrons. The molecule has 1 heterocycles. The largest absolute Gasteiger partial charge is 0.390 e. The summed E-state index contributed by atoms with van der Waals surface area (Å²) >= 11 is 0. The van der Waals surface area contributed by atoms with Gasteiger partial charge < -0.3 is 10.8 Å². The Hall–Kier alpha value is -1.58. The number of halogens is 2. The van der Waals surface area contributed by atoms with Crippen LogP contribution in [0.3, 0.4) is 0 Å². The van der Waals surface area contributed by atoms with Crippen molar-refractivity contribution < 1.29 is 13.9 Å². The van der Waals surface area contributed by atoms with Crippen LogP contribution in [0.5, 0.6) is 0 Å². The van der Waals surface area contributed by atoms with Crippen LogP contribution in [0.15, 0.2) is 6.07 Å². The molecule has 0 spiro atoms. The Morgan fingerprint density at radius 2 is 2.27 bits per heavy atom. The van der Waals surface area contributed by atoms with E-state index in [-0.39, 0.29) is 23.4 Å². The van der Waals surface area contributed by atoms with E-state index < -0.39 is 18.7 Å². The van der Waals surface area contributed by atoms with Gasteiger partial charge >= 0.3 is 0 Å². The first kappa shape index (κ1) is 11.5. The molecule has 0 saturated carbocycles. The van der Waals surface area contributed by atoms with Crippen molar-refractivity contribution in [3.8, 4) is 6.07 Å². The van der Waals surface area contributed by atoms with Gasteiger partial charge in [0.2, 0.25) is 0 Å². The van der Waals surface area contributed by atoms with Crippen LogP contribution in [0.1, 0.15) is 28.9 Å². The number of pyridine rings is 1. The van der Waals surface area contributed by atoms with Crippen molar-refractivity contribution in [2.75, 3.05) is 0 Å². The van der Waals surface area contributed by atoms with Gasteiger partial charge in [-0.1, -0.05) is 0 Å². The first-order valence-electron chi connectivity index (χ1n) is 4.15. The maximum Gasteiger partial charge on any atom is 0.280 e. The highest BCUT2D eigenvalue weighted by molar-refractivity contribution is 5.42. The summed E-state index contributed by atoms with van der Waals surface area (Å²) in [4.78, 5) is 3.49. The summed E-state index contributed by atoms with van der Waals surface area (Å²) in [6.07, 6.45) is -2.74. The van der Waals surface area contributed by atoms with Gasteiger partial charge in [0.05, 0.1) is 17.9 Å². The van der Waals surface area contributed by atoms with Crippen molar-refractivity contribution in [2.24, 2.45) is 5.73 Å². The fourth-order valence-electron chi connectivity index (χ4n) is 1.20. The normalized spacial score (nSPS) is 10.4. The van der Waals surface area contributed by atoms with Gasteiger partial charge in [-0.3, -0.25) is 0 Å². The second kappa shape index (κ2) is 4.77. The second-order valence-corrected chi connectivity index (χ2v) is 2.80. The van der Waals surface area contributed by atoms with Gasteiger partial charge in [0.1, 0.15) is 11.8 Å². The summed E-state index contributed by atoms with van der Waals surface area (Å²) < 4.78 is 24.7. The molecule has 0 atom stereocenters. The van der Waals surface area contributed by atoms with Crippen LogP contribution in [0.25, 0.3) is 0 Å². The van der Waals surface area contributed by atoms with Crippen molar-refractivity contribution >= 4 is 0 Å². The third kappa shape index (κ3) is 2.26. The number of aromatic nitrogens is 1. The van der Waals surface area contributed by atoms with E-state index in [4.69, 9.17) is 16.1 Å². The molecule has 0 saturated heterocycles. The van der Waals surface area contributed by atoms with Crippen LogP contribution >= 0.6 is 0 Å². The topological polar surface area (TPSA) is 82.9 Å². The average molecular weight is 213 g/mol. The monoisotopic (exact) mass is 213 g/mol. The molecular formula is C9H9F2N3O. The van der Waals surface area contributed by atoms with Gasteiger partial charge in [0, 0.05) is 6.54 Å². The van der Waals surface area contributed by atoms with Crippen LogP contribution in [0.2, 0.25) is 0 Å². The number of rotatable bonds is 3.